The van der Waals surface area contributed by atoms with Gasteiger partial charge in [0.1, 0.15) is 11.9 Å². The van der Waals surface area contributed by atoms with Crippen LogP contribution in [0.3, 0.4) is 0 Å². The maximum Gasteiger partial charge on any atom is 0.333 e. The number of hydrogen-bond acceptors (Lipinski definition) is 8. The van der Waals surface area contributed by atoms with Crippen LogP contribution in [0.1, 0.15) is 6.42 Å². The predicted octanol–water partition coefficient (Wildman–Crippen LogP) is 0.620. The van der Waals surface area contributed by atoms with Crippen molar-refractivity contribution in [1.82, 2.24) is 19.6 Å². The lowest BCUT2D eigenvalue weighted by atomic mass is 10.1. The molecule has 0 amide bonds. The van der Waals surface area contributed by atoms with Crippen LogP contribution in [0.2, 0.25) is 0 Å². The zero-order valence-corrected chi connectivity index (χ0v) is 17.6. The van der Waals surface area contributed by atoms with Gasteiger partial charge in [0.25, 0.3) is 0 Å². The minimum absolute atomic E-state index is 0.278. The Morgan fingerprint density at radius 3 is 2.88 bits per heavy atom. The van der Waals surface area contributed by atoms with Crippen molar-refractivity contribution in [2.24, 2.45) is 11.1 Å². The Balaban J connectivity index is 1.40. The lowest BCUT2D eigenvalue weighted by Crippen LogP contribution is -2.36. The highest BCUT2D eigenvalue weighted by Gasteiger charge is 2.42. The predicted molar refractivity (Wildman–Crippen MR) is 117 cm³/mol. The minimum Gasteiger partial charge on any atom is -0.390 e. The maximum absolute atomic E-state index is 11.0. The number of nitrogens with one attached hydrogen (secondary N) is 2. The summed E-state index contributed by atoms with van der Waals surface area (Å²) in [7, 11) is -4.13. The number of H-pyrrole nitrogens is 1. The molecule has 4 atom stereocenters. The van der Waals surface area contributed by atoms with E-state index in [1.807, 2.05) is 36.5 Å². The maximum atomic E-state index is 11.0. The number of aliphatic hydroxyl groups is 2. The number of rotatable bonds is 6. The second-order valence-electron chi connectivity index (χ2n) is 7.91. The van der Waals surface area contributed by atoms with E-state index in [1.165, 1.54) is 0 Å². The molecule has 1 aliphatic rings. The Kier molecular flexibility index (Phi) is 5.10. The average Bonchev–Trinajstić information content (AvgIpc) is 3.45. The molecule has 0 bridgehead atoms. The molecule has 5 rings (SSSR count). The molecule has 1 aromatic carbocycles. The molecule has 6 N–H and O–H groups in total. The van der Waals surface area contributed by atoms with Crippen molar-refractivity contribution in [3.63, 3.8) is 0 Å². The summed E-state index contributed by atoms with van der Waals surface area (Å²) in [6.45, 7) is -0.311. The van der Waals surface area contributed by atoms with Gasteiger partial charge < -0.3 is 20.5 Å². The number of nitrogens with two attached hydrogens (primary N) is 1. The van der Waals surface area contributed by atoms with Gasteiger partial charge in [-0.2, -0.15) is 18.0 Å². The van der Waals surface area contributed by atoms with Crippen molar-refractivity contribution in [1.29, 1.82) is 0 Å². The van der Waals surface area contributed by atoms with E-state index < -0.39 is 34.5 Å². The van der Waals surface area contributed by atoms with Crippen LogP contribution in [-0.4, -0.2) is 63.1 Å². The van der Waals surface area contributed by atoms with Gasteiger partial charge in [-0.25, -0.2) is 10.1 Å². The molecule has 1 aliphatic carbocycles. The van der Waals surface area contributed by atoms with E-state index in [1.54, 1.807) is 16.8 Å². The fourth-order valence-corrected chi connectivity index (χ4v) is 4.53. The zero-order valence-electron chi connectivity index (χ0n) is 16.8. The van der Waals surface area contributed by atoms with Gasteiger partial charge in [-0.1, -0.05) is 6.07 Å². The number of aliphatic hydroxyl groups excluding tert-OH is 2. The first kappa shape index (κ1) is 20.8. The molecule has 3 aromatic heterocycles. The van der Waals surface area contributed by atoms with Crippen LogP contribution in [-0.2, 0) is 14.5 Å². The van der Waals surface area contributed by atoms with Gasteiger partial charge in [-0.3, -0.25) is 4.18 Å². The lowest BCUT2D eigenvalue weighted by Gasteiger charge is -2.19. The third kappa shape index (κ3) is 3.94. The van der Waals surface area contributed by atoms with Crippen LogP contribution in [0.4, 0.5) is 5.82 Å². The highest BCUT2D eigenvalue weighted by atomic mass is 32.2. The van der Waals surface area contributed by atoms with Crippen molar-refractivity contribution < 1.29 is 22.8 Å². The molecule has 0 radical (unpaired) electrons. The molecule has 12 heteroatoms. The molecule has 0 spiro atoms. The first-order valence-corrected chi connectivity index (χ1v) is 11.5. The van der Waals surface area contributed by atoms with Crippen molar-refractivity contribution in [3.8, 4) is 11.3 Å². The third-order valence-electron chi connectivity index (χ3n) is 5.79. The normalized spacial score (nSPS) is 23.8. The summed E-state index contributed by atoms with van der Waals surface area (Å²) >= 11 is 0. The second-order valence-corrected chi connectivity index (χ2v) is 9.14. The van der Waals surface area contributed by atoms with Crippen molar-refractivity contribution >= 4 is 32.7 Å². The zero-order chi connectivity index (χ0) is 22.5. The number of anilines is 1. The fraction of sp³-hybridized carbons (Fsp3) is 0.300. The molecule has 4 aromatic rings. The summed E-state index contributed by atoms with van der Waals surface area (Å²) in [5, 5.41) is 34.5. The summed E-state index contributed by atoms with van der Waals surface area (Å²) in [6, 6.07) is 11.0. The summed E-state index contributed by atoms with van der Waals surface area (Å²) in [5.74, 6) is -0.0207. The summed E-state index contributed by atoms with van der Waals surface area (Å²) in [5.41, 5.74) is 3.32. The van der Waals surface area contributed by atoms with Gasteiger partial charge in [0, 0.05) is 40.8 Å². The highest BCUT2D eigenvalue weighted by Crippen LogP contribution is 2.30. The van der Waals surface area contributed by atoms with E-state index in [4.69, 9.17) is 5.14 Å². The SMILES string of the molecule is NS(=O)(=O)OCC1CC(Nc2ccnc3cc(-c4ccc5[nH]ccc5c4)nn23)C(O)C1O. The first-order valence-electron chi connectivity index (χ1n) is 10.0. The third-order valence-corrected chi connectivity index (χ3v) is 6.25. The smallest absolute Gasteiger partial charge is 0.333 e. The van der Waals surface area contributed by atoms with E-state index in [0.717, 1.165) is 22.2 Å². The van der Waals surface area contributed by atoms with Crippen LogP contribution < -0.4 is 10.5 Å². The molecule has 1 fully saturated rings. The quantitative estimate of drug-likeness (QED) is 0.280. The van der Waals surface area contributed by atoms with Crippen molar-refractivity contribution in [2.75, 3.05) is 11.9 Å². The van der Waals surface area contributed by atoms with Gasteiger partial charge in [0.05, 0.1) is 24.4 Å². The van der Waals surface area contributed by atoms with E-state index in [9.17, 15) is 18.6 Å². The van der Waals surface area contributed by atoms with Gasteiger partial charge in [-0.05, 0) is 30.7 Å². The number of aromatic nitrogens is 4. The van der Waals surface area contributed by atoms with E-state index in [2.05, 4.69) is 24.6 Å². The molecule has 11 nitrogen and oxygen atoms in total. The highest BCUT2D eigenvalue weighted by molar-refractivity contribution is 7.84. The molecule has 4 unspecified atom stereocenters. The number of fused-ring (bicyclic) bond motifs is 2. The minimum atomic E-state index is -4.13. The molecule has 1 saturated carbocycles. The first-order chi connectivity index (χ1) is 15.3. The Morgan fingerprint density at radius 2 is 2.06 bits per heavy atom. The Morgan fingerprint density at radius 1 is 1.22 bits per heavy atom. The molecular formula is C20H22N6O5S. The summed E-state index contributed by atoms with van der Waals surface area (Å²) in [4.78, 5) is 7.52. The van der Waals surface area contributed by atoms with Gasteiger partial charge in [0.2, 0.25) is 0 Å². The number of benzene rings is 1. The number of hydrogen-bond donors (Lipinski definition) is 5. The average molecular weight is 459 g/mol. The second kappa shape index (κ2) is 7.83. The standard InChI is InChI=1S/C20H22N6O5S/c21-32(29,30)31-10-13-8-16(20(28)19(13)27)24-17-4-6-23-18-9-15(25-26(17)18)11-1-2-14-12(7-11)3-5-22-14/h1-7,9,13,16,19-20,22,24,27-28H,8,10H2,(H2,21,29,30). The number of aromatic amines is 1. The van der Waals surface area contributed by atoms with Crippen LogP contribution in [0.15, 0.2) is 48.8 Å². The molecule has 32 heavy (non-hydrogen) atoms. The molecule has 168 valence electrons. The Labute approximate surface area is 183 Å². The van der Waals surface area contributed by atoms with E-state index in [-0.39, 0.29) is 13.0 Å². The summed E-state index contributed by atoms with van der Waals surface area (Å²) in [6.07, 6.45) is 1.49. The van der Waals surface area contributed by atoms with Crippen molar-refractivity contribution in [2.45, 2.75) is 24.7 Å². The van der Waals surface area contributed by atoms with Crippen molar-refractivity contribution in [3.05, 3.63) is 48.8 Å². The van der Waals surface area contributed by atoms with Gasteiger partial charge >= 0.3 is 10.3 Å². The van der Waals surface area contributed by atoms with Gasteiger partial charge in [-0.15, -0.1) is 0 Å². The molecule has 0 saturated heterocycles. The Hall–Kier alpha value is -3.03. The fourth-order valence-electron chi connectivity index (χ4n) is 4.16. The Bertz CT molecular complexity index is 1380. The molecule has 3 heterocycles. The lowest BCUT2D eigenvalue weighted by molar-refractivity contribution is 0.00777. The van der Waals surface area contributed by atoms with Crippen LogP contribution in [0, 0.1) is 5.92 Å². The van der Waals surface area contributed by atoms with Crippen LogP contribution >= 0.6 is 0 Å². The largest absolute Gasteiger partial charge is 0.390 e. The molecular weight excluding hydrogens is 436 g/mol. The van der Waals surface area contributed by atoms with Crippen LogP contribution in [0.25, 0.3) is 27.8 Å². The van der Waals surface area contributed by atoms with E-state index in [0.29, 0.717) is 11.5 Å². The topological polar surface area (TPSA) is 168 Å². The van der Waals surface area contributed by atoms with E-state index >= 15 is 0 Å². The number of nitrogens with zero attached hydrogens (tertiary/aromatic N) is 3. The monoisotopic (exact) mass is 458 g/mol. The molecule has 0 aliphatic heterocycles. The van der Waals surface area contributed by atoms with Gasteiger partial charge in [0.15, 0.2) is 5.65 Å². The summed E-state index contributed by atoms with van der Waals surface area (Å²) < 4.78 is 28.3. The van der Waals surface area contributed by atoms with Crippen LogP contribution in [0.5, 0.6) is 0 Å².